The monoisotopic (exact) mass is 321 g/mol. The van der Waals surface area contributed by atoms with Crippen molar-refractivity contribution in [3.63, 3.8) is 0 Å². The molecule has 0 fully saturated rings. The Balaban J connectivity index is 1.95. The maximum absolute atomic E-state index is 11.7. The van der Waals surface area contributed by atoms with Gasteiger partial charge in [-0.3, -0.25) is 9.78 Å². The van der Waals surface area contributed by atoms with E-state index in [2.05, 4.69) is 31.4 Å². The van der Waals surface area contributed by atoms with E-state index in [0.29, 0.717) is 16.1 Å². The minimum absolute atomic E-state index is 0.329. The molecule has 6 heteroatoms. The highest BCUT2D eigenvalue weighted by atomic mass is 79.9. The molecule has 0 aliphatic heterocycles. The maximum Gasteiger partial charge on any atom is 0.289 e. The Hall–Kier alpha value is -1.95. The minimum Gasteiger partial charge on any atom is -0.448 e. The standard InChI is InChI=1S/C13H12BrN3O2/c1-2-9-3-5-11(15-7-9)13(18)17-16-8-10-4-6-12(14)19-10/h3-8H,2H2,1H3,(H,17,18). The van der Waals surface area contributed by atoms with E-state index in [4.69, 9.17) is 4.42 Å². The SMILES string of the molecule is CCc1ccc(C(=O)NN=Cc2ccc(Br)o2)nc1. The molecular formula is C13H12BrN3O2. The lowest BCUT2D eigenvalue weighted by Gasteiger charge is -1.99. The van der Waals surface area contributed by atoms with Crippen molar-refractivity contribution in [3.8, 4) is 0 Å². The van der Waals surface area contributed by atoms with E-state index in [0.717, 1.165) is 12.0 Å². The summed E-state index contributed by atoms with van der Waals surface area (Å²) in [5.41, 5.74) is 3.80. The Kier molecular flexibility index (Phi) is 4.46. The molecular weight excluding hydrogens is 310 g/mol. The van der Waals surface area contributed by atoms with Crippen molar-refractivity contribution < 1.29 is 9.21 Å². The van der Waals surface area contributed by atoms with Gasteiger partial charge in [-0.05, 0) is 46.1 Å². The van der Waals surface area contributed by atoms with E-state index in [1.54, 1.807) is 24.4 Å². The number of aromatic nitrogens is 1. The van der Waals surface area contributed by atoms with Crippen molar-refractivity contribution in [1.29, 1.82) is 0 Å². The smallest absolute Gasteiger partial charge is 0.289 e. The first kappa shape index (κ1) is 13.5. The highest BCUT2D eigenvalue weighted by molar-refractivity contribution is 9.10. The third-order valence-electron chi connectivity index (χ3n) is 2.42. The van der Waals surface area contributed by atoms with Crippen molar-refractivity contribution in [2.75, 3.05) is 0 Å². The molecule has 2 aromatic rings. The molecule has 2 aromatic heterocycles. The topological polar surface area (TPSA) is 67.5 Å². The molecule has 0 unspecified atom stereocenters. The normalized spacial score (nSPS) is 10.8. The van der Waals surface area contributed by atoms with Crippen molar-refractivity contribution in [1.82, 2.24) is 10.4 Å². The first-order valence-electron chi connectivity index (χ1n) is 5.72. The molecule has 19 heavy (non-hydrogen) atoms. The fourth-order valence-corrected chi connectivity index (χ4v) is 1.70. The van der Waals surface area contributed by atoms with E-state index in [1.165, 1.54) is 6.21 Å². The highest BCUT2D eigenvalue weighted by Gasteiger charge is 2.05. The number of furan rings is 1. The Morgan fingerprint density at radius 2 is 2.32 bits per heavy atom. The summed E-state index contributed by atoms with van der Waals surface area (Å²) in [5.74, 6) is 0.186. The lowest BCUT2D eigenvalue weighted by molar-refractivity contribution is 0.0950. The molecule has 0 spiro atoms. The lowest BCUT2D eigenvalue weighted by atomic mass is 10.2. The van der Waals surface area contributed by atoms with Crippen LogP contribution in [-0.4, -0.2) is 17.1 Å². The Bertz CT molecular complexity index is 590. The Labute approximate surface area is 118 Å². The number of halogens is 1. The number of aryl methyl sites for hydroxylation is 1. The van der Waals surface area contributed by atoms with Gasteiger partial charge in [-0.2, -0.15) is 5.10 Å². The second kappa shape index (κ2) is 6.29. The highest BCUT2D eigenvalue weighted by Crippen LogP contribution is 2.11. The molecule has 0 bridgehead atoms. The van der Waals surface area contributed by atoms with E-state index in [1.807, 2.05) is 13.0 Å². The van der Waals surface area contributed by atoms with Gasteiger partial charge < -0.3 is 4.42 Å². The van der Waals surface area contributed by atoms with Crippen LogP contribution < -0.4 is 5.43 Å². The maximum atomic E-state index is 11.7. The number of carbonyl (C=O) groups excluding carboxylic acids is 1. The number of pyridine rings is 1. The molecule has 2 heterocycles. The summed E-state index contributed by atoms with van der Waals surface area (Å²) in [6, 6.07) is 7.02. The van der Waals surface area contributed by atoms with Crippen molar-refractivity contribution >= 4 is 28.1 Å². The van der Waals surface area contributed by atoms with Crippen LogP contribution in [0.1, 0.15) is 28.7 Å². The zero-order valence-corrected chi connectivity index (χ0v) is 11.8. The van der Waals surface area contributed by atoms with Gasteiger partial charge >= 0.3 is 0 Å². The molecule has 0 aliphatic carbocycles. The number of nitrogens with zero attached hydrogens (tertiary/aromatic N) is 2. The predicted octanol–water partition coefficient (Wildman–Crippen LogP) is 2.76. The molecule has 98 valence electrons. The fourth-order valence-electron chi connectivity index (χ4n) is 1.38. The summed E-state index contributed by atoms with van der Waals surface area (Å²) in [4.78, 5) is 15.8. The molecule has 0 saturated carbocycles. The zero-order chi connectivity index (χ0) is 13.7. The second-order valence-electron chi connectivity index (χ2n) is 3.75. The van der Waals surface area contributed by atoms with Gasteiger partial charge in [0.2, 0.25) is 0 Å². The molecule has 1 N–H and O–H groups in total. The van der Waals surface area contributed by atoms with Gasteiger partial charge in [0.15, 0.2) is 4.67 Å². The number of carbonyl (C=O) groups is 1. The van der Waals surface area contributed by atoms with Gasteiger partial charge in [0, 0.05) is 6.20 Å². The largest absolute Gasteiger partial charge is 0.448 e. The third-order valence-corrected chi connectivity index (χ3v) is 2.84. The molecule has 1 amide bonds. The third kappa shape index (κ3) is 3.75. The van der Waals surface area contributed by atoms with Crippen LogP contribution in [0, 0.1) is 0 Å². The van der Waals surface area contributed by atoms with Crippen molar-refractivity contribution in [2.24, 2.45) is 5.10 Å². The van der Waals surface area contributed by atoms with E-state index in [-0.39, 0.29) is 5.91 Å². The first-order valence-corrected chi connectivity index (χ1v) is 6.52. The first-order chi connectivity index (χ1) is 9.19. The zero-order valence-electron chi connectivity index (χ0n) is 10.3. The van der Waals surface area contributed by atoms with Crippen LogP contribution in [0.25, 0.3) is 0 Å². The van der Waals surface area contributed by atoms with E-state index < -0.39 is 0 Å². The summed E-state index contributed by atoms with van der Waals surface area (Å²) < 4.78 is 5.81. The Morgan fingerprint density at radius 1 is 1.47 bits per heavy atom. The molecule has 0 aliphatic rings. The molecule has 0 atom stereocenters. The molecule has 5 nitrogen and oxygen atoms in total. The average Bonchev–Trinajstić information content (AvgIpc) is 2.84. The number of nitrogens with one attached hydrogen (secondary N) is 1. The molecule has 0 aromatic carbocycles. The van der Waals surface area contributed by atoms with Crippen LogP contribution >= 0.6 is 15.9 Å². The van der Waals surface area contributed by atoms with Gasteiger partial charge in [0.05, 0.1) is 6.21 Å². The van der Waals surface area contributed by atoms with Crippen LogP contribution in [0.5, 0.6) is 0 Å². The molecule has 0 radical (unpaired) electrons. The van der Waals surface area contributed by atoms with Crippen LogP contribution in [0.2, 0.25) is 0 Å². The van der Waals surface area contributed by atoms with Gasteiger partial charge in [-0.25, -0.2) is 5.43 Å². The molecule has 2 rings (SSSR count). The van der Waals surface area contributed by atoms with Crippen LogP contribution in [-0.2, 0) is 6.42 Å². The van der Waals surface area contributed by atoms with E-state index in [9.17, 15) is 4.79 Å². The van der Waals surface area contributed by atoms with Gasteiger partial charge in [0.25, 0.3) is 5.91 Å². The molecule has 0 saturated heterocycles. The summed E-state index contributed by atoms with van der Waals surface area (Å²) in [6.07, 6.45) is 3.99. The fraction of sp³-hybridized carbons (Fsp3) is 0.154. The van der Waals surface area contributed by atoms with Crippen molar-refractivity contribution in [2.45, 2.75) is 13.3 Å². The van der Waals surface area contributed by atoms with Crippen molar-refractivity contribution in [3.05, 3.63) is 52.1 Å². The Morgan fingerprint density at radius 3 is 2.89 bits per heavy atom. The summed E-state index contributed by atoms with van der Waals surface area (Å²) in [7, 11) is 0. The van der Waals surface area contributed by atoms with Crippen LogP contribution in [0.15, 0.2) is 44.7 Å². The number of amides is 1. The van der Waals surface area contributed by atoms with Gasteiger partial charge in [-0.1, -0.05) is 13.0 Å². The summed E-state index contributed by atoms with van der Waals surface area (Å²) >= 11 is 3.18. The lowest BCUT2D eigenvalue weighted by Crippen LogP contribution is -2.18. The number of rotatable bonds is 4. The second-order valence-corrected chi connectivity index (χ2v) is 4.53. The number of hydrazone groups is 1. The minimum atomic E-state index is -0.357. The summed E-state index contributed by atoms with van der Waals surface area (Å²) in [6.45, 7) is 2.03. The number of hydrogen-bond donors (Lipinski definition) is 1. The van der Waals surface area contributed by atoms with E-state index >= 15 is 0 Å². The van der Waals surface area contributed by atoms with Gasteiger partial charge in [-0.15, -0.1) is 0 Å². The number of hydrogen-bond acceptors (Lipinski definition) is 4. The van der Waals surface area contributed by atoms with Crippen LogP contribution in [0.3, 0.4) is 0 Å². The average molecular weight is 322 g/mol. The van der Waals surface area contributed by atoms with Gasteiger partial charge in [0.1, 0.15) is 11.5 Å². The predicted molar refractivity (Wildman–Crippen MR) is 75.1 cm³/mol. The van der Waals surface area contributed by atoms with Crippen LogP contribution in [0.4, 0.5) is 0 Å². The summed E-state index contributed by atoms with van der Waals surface area (Å²) in [5, 5.41) is 3.79. The quantitative estimate of drug-likeness (QED) is 0.695.